The minimum Gasteiger partial charge on any atom is -0.330 e. The summed E-state index contributed by atoms with van der Waals surface area (Å²) in [7, 11) is 2.20. The first-order chi connectivity index (χ1) is 9.06. The Bertz CT molecular complexity index is 396. The first kappa shape index (κ1) is 14.8. The summed E-state index contributed by atoms with van der Waals surface area (Å²) in [5.74, 6) is 0. The lowest BCUT2D eigenvalue weighted by molar-refractivity contribution is 0.150. The van der Waals surface area contributed by atoms with Crippen LogP contribution in [0.1, 0.15) is 44.2 Å². The van der Waals surface area contributed by atoms with E-state index in [1.54, 1.807) is 0 Å². The van der Waals surface area contributed by atoms with Crippen molar-refractivity contribution in [2.24, 2.45) is 11.1 Å². The monoisotopic (exact) mass is 280 g/mol. The Hall–Kier alpha value is -0.570. The summed E-state index contributed by atoms with van der Waals surface area (Å²) in [6.45, 7) is 4.15. The van der Waals surface area contributed by atoms with Gasteiger partial charge in [-0.1, -0.05) is 36.6 Å². The number of halogens is 1. The predicted octanol–water partition coefficient (Wildman–Crippen LogP) is 3.85. The highest BCUT2D eigenvalue weighted by Gasteiger charge is 2.34. The van der Waals surface area contributed by atoms with Crippen LogP contribution in [-0.4, -0.2) is 25.0 Å². The number of benzene rings is 1. The summed E-state index contributed by atoms with van der Waals surface area (Å²) in [4.78, 5) is 2.43. The molecule has 2 N–H and O–H groups in total. The van der Waals surface area contributed by atoms with Crippen LogP contribution in [0, 0.1) is 5.41 Å². The molecule has 106 valence electrons. The van der Waals surface area contributed by atoms with Gasteiger partial charge in [0.2, 0.25) is 0 Å². The van der Waals surface area contributed by atoms with Gasteiger partial charge >= 0.3 is 0 Å². The topological polar surface area (TPSA) is 29.3 Å². The standard InChI is InChI=1S/C16H25ClN2/c1-13(14-5-7-15(17)8-6-14)19(2)12-16(11-18)9-3-4-10-16/h5-8,13H,3-4,9-12,18H2,1-2H3. The maximum absolute atomic E-state index is 6.03. The van der Waals surface area contributed by atoms with Crippen molar-refractivity contribution >= 4 is 11.6 Å². The summed E-state index contributed by atoms with van der Waals surface area (Å²) in [6, 6.07) is 8.58. The minimum absolute atomic E-state index is 0.343. The van der Waals surface area contributed by atoms with Crippen molar-refractivity contribution in [1.82, 2.24) is 4.90 Å². The molecule has 1 saturated carbocycles. The van der Waals surface area contributed by atoms with Crippen LogP contribution in [0.2, 0.25) is 5.02 Å². The molecule has 1 aromatic rings. The first-order valence-electron chi connectivity index (χ1n) is 7.22. The van der Waals surface area contributed by atoms with E-state index in [1.807, 2.05) is 12.1 Å². The molecule has 3 heteroatoms. The molecule has 1 atom stereocenters. The molecule has 2 nitrogen and oxygen atoms in total. The summed E-state index contributed by atoms with van der Waals surface area (Å²) in [6.07, 6.45) is 5.23. The number of nitrogens with two attached hydrogens (primary N) is 1. The summed E-state index contributed by atoms with van der Waals surface area (Å²) in [5.41, 5.74) is 7.69. The Kier molecular flexibility index (Phi) is 4.88. The van der Waals surface area contributed by atoms with Gasteiger partial charge in [0, 0.05) is 17.6 Å². The SMILES string of the molecule is CC(c1ccc(Cl)cc1)N(C)CC1(CN)CCCC1. The highest BCUT2D eigenvalue weighted by atomic mass is 35.5. The average molecular weight is 281 g/mol. The molecule has 1 fully saturated rings. The third-order valence-corrected chi connectivity index (χ3v) is 4.95. The van der Waals surface area contributed by atoms with Gasteiger partial charge in [-0.15, -0.1) is 0 Å². The van der Waals surface area contributed by atoms with Crippen molar-refractivity contribution in [3.05, 3.63) is 34.9 Å². The normalized spacial score (nSPS) is 19.8. The Balaban J connectivity index is 2.02. The van der Waals surface area contributed by atoms with Gasteiger partial charge in [0.05, 0.1) is 0 Å². The van der Waals surface area contributed by atoms with E-state index < -0.39 is 0 Å². The summed E-state index contributed by atoms with van der Waals surface area (Å²) < 4.78 is 0. The Morgan fingerprint density at radius 1 is 1.26 bits per heavy atom. The van der Waals surface area contributed by atoms with E-state index >= 15 is 0 Å². The van der Waals surface area contributed by atoms with Crippen LogP contribution in [0.3, 0.4) is 0 Å². The van der Waals surface area contributed by atoms with Crippen molar-refractivity contribution in [2.45, 2.75) is 38.6 Å². The van der Waals surface area contributed by atoms with Crippen molar-refractivity contribution in [2.75, 3.05) is 20.1 Å². The van der Waals surface area contributed by atoms with Gasteiger partial charge in [-0.2, -0.15) is 0 Å². The van der Waals surface area contributed by atoms with Gasteiger partial charge in [0.15, 0.2) is 0 Å². The molecule has 0 bridgehead atoms. The van der Waals surface area contributed by atoms with E-state index in [-0.39, 0.29) is 0 Å². The van der Waals surface area contributed by atoms with Crippen LogP contribution in [0.15, 0.2) is 24.3 Å². The van der Waals surface area contributed by atoms with E-state index in [2.05, 4.69) is 31.0 Å². The van der Waals surface area contributed by atoms with Crippen LogP contribution in [-0.2, 0) is 0 Å². The number of hydrogen-bond donors (Lipinski definition) is 1. The van der Waals surface area contributed by atoms with Crippen LogP contribution >= 0.6 is 11.6 Å². The van der Waals surface area contributed by atoms with Gasteiger partial charge in [0.1, 0.15) is 0 Å². The molecular formula is C16H25ClN2. The molecule has 1 aromatic carbocycles. The highest BCUT2D eigenvalue weighted by molar-refractivity contribution is 6.30. The van der Waals surface area contributed by atoms with Crippen molar-refractivity contribution in [3.63, 3.8) is 0 Å². The number of rotatable bonds is 5. The number of nitrogens with zero attached hydrogens (tertiary/aromatic N) is 1. The third kappa shape index (κ3) is 3.50. The summed E-state index contributed by atoms with van der Waals surface area (Å²) >= 11 is 5.95. The molecular weight excluding hydrogens is 256 g/mol. The maximum atomic E-state index is 6.03. The van der Waals surface area contributed by atoms with Crippen LogP contribution < -0.4 is 5.73 Å². The zero-order chi connectivity index (χ0) is 13.9. The molecule has 0 radical (unpaired) electrons. The Labute approximate surface area is 121 Å². The zero-order valence-corrected chi connectivity index (χ0v) is 12.8. The molecule has 1 unspecified atom stereocenters. The molecule has 0 aromatic heterocycles. The largest absolute Gasteiger partial charge is 0.330 e. The maximum Gasteiger partial charge on any atom is 0.0406 e. The second kappa shape index (κ2) is 6.25. The van der Waals surface area contributed by atoms with Gasteiger partial charge in [0.25, 0.3) is 0 Å². The molecule has 1 aliphatic carbocycles. The predicted molar refractivity (Wildman–Crippen MR) is 82.5 cm³/mol. The minimum atomic E-state index is 0.343. The van der Waals surface area contributed by atoms with Gasteiger partial charge in [-0.25, -0.2) is 0 Å². The van der Waals surface area contributed by atoms with Crippen LogP contribution in [0.25, 0.3) is 0 Å². The molecule has 0 aliphatic heterocycles. The lowest BCUT2D eigenvalue weighted by atomic mass is 9.85. The molecule has 0 saturated heterocycles. The van der Waals surface area contributed by atoms with Crippen molar-refractivity contribution < 1.29 is 0 Å². The van der Waals surface area contributed by atoms with Crippen LogP contribution in [0.4, 0.5) is 0 Å². The second-order valence-corrected chi connectivity index (χ2v) is 6.49. The van der Waals surface area contributed by atoms with E-state index in [0.717, 1.165) is 18.1 Å². The van der Waals surface area contributed by atoms with Gasteiger partial charge in [-0.3, -0.25) is 4.90 Å². The first-order valence-corrected chi connectivity index (χ1v) is 7.60. The van der Waals surface area contributed by atoms with E-state index in [4.69, 9.17) is 17.3 Å². The lowest BCUT2D eigenvalue weighted by Crippen LogP contribution is -2.40. The average Bonchev–Trinajstić information content (AvgIpc) is 2.88. The van der Waals surface area contributed by atoms with Gasteiger partial charge in [-0.05, 0) is 56.5 Å². The molecule has 0 amide bonds. The lowest BCUT2D eigenvalue weighted by Gasteiger charge is -2.35. The highest BCUT2D eigenvalue weighted by Crippen LogP contribution is 2.39. The van der Waals surface area contributed by atoms with E-state index in [0.29, 0.717) is 11.5 Å². The van der Waals surface area contributed by atoms with Crippen LogP contribution in [0.5, 0.6) is 0 Å². The fourth-order valence-corrected chi connectivity index (χ4v) is 3.34. The van der Waals surface area contributed by atoms with Gasteiger partial charge < -0.3 is 5.73 Å². The third-order valence-electron chi connectivity index (χ3n) is 4.70. The van der Waals surface area contributed by atoms with E-state index in [1.165, 1.54) is 31.2 Å². The fourth-order valence-electron chi connectivity index (χ4n) is 3.21. The smallest absolute Gasteiger partial charge is 0.0406 e. The summed E-state index contributed by atoms with van der Waals surface area (Å²) in [5, 5.41) is 0.799. The quantitative estimate of drug-likeness (QED) is 0.888. The number of hydrogen-bond acceptors (Lipinski definition) is 2. The molecule has 1 aliphatic rings. The molecule has 0 spiro atoms. The van der Waals surface area contributed by atoms with Crippen molar-refractivity contribution in [3.8, 4) is 0 Å². The molecule has 0 heterocycles. The van der Waals surface area contributed by atoms with E-state index in [9.17, 15) is 0 Å². The molecule has 2 rings (SSSR count). The second-order valence-electron chi connectivity index (χ2n) is 6.05. The fraction of sp³-hybridized carbons (Fsp3) is 0.625. The Morgan fingerprint density at radius 3 is 2.37 bits per heavy atom. The molecule has 19 heavy (non-hydrogen) atoms. The van der Waals surface area contributed by atoms with Crippen molar-refractivity contribution in [1.29, 1.82) is 0 Å². The Morgan fingerprint density at radius 2 is 1.84 bits per heavy atom. The zero-order valence-electron chi connectivity index (χ0n) is 12.0.